The Morgan fingerprint density at radius 3 is 2.86 bits per heavy atom. The smallest absolute Gasteiger partial charge is 0.260 e. The molecule has 2 N–H and O–H groups in total. The molecule has 0 aliphatic carbocycles. The third-order valence-electron chi connectivity index (χ3n) is 3.17. The number of hydrogen-bond acceptors (Lipinski definition) is 4. The molecule has 0 saturated heterocycles. The van der Waals surface area contributed by atoms with E-state index in [-0.39, 0.29) is 17.9 Å². The number of hydrogen-bond donors (Lipinski definition) is 2. The molecule has 5 nitrogen and oxygen atoms in total. The lowest BCUT2D eigenvalue weighted by atomic mass is 9.90. The number of aliphatic hydroxyl groups excluding tert-OH is 1. The van der Waals surface area contributed by atoms with E-state index in [1.54, 1.807) is 31.2 Å². The van der Waals surface area contributed by atoms with Crippen LogP contribution in [-0.2, 0) is 4.79 Å². The van der Waals surface area contributed by atoms with Gasteiger partial charge in [-0.05, 0) is 37.0 Å². The van der Waals surface area contributed by atoms with Gasteiger partial charge in [-0.3, -0.25) is 4.79 Å². The summed E-state index contributed by atoms with van der Waals surface area (Å²) in [6.45, 7) is 6.18. The van der Waals surface area contributed by atoms with Crippen molar-refractivity contribution in [2.24, 2.45) is 5.41 Å². The van der Waals surface area contributed by atoms with Crippen LogP contribution in [0.25, 0.3) is 0 Å². The van der Waals surface area contributed by atoms with E-state index in [9.17, 15) is 4.79 Å². The van der Waals surface area contributed by atoms with Gasteiger partial charge in [-0.15, -0.1) is 0 Å². The molecule has 0 spiro atoms. The van der Waals surface area contributed by atoms with Crippen molar-refractivity contribution in [3.8, 4) is 11.8 Å². The molecule has 1 rings (SSSR count). The predicted octanol–water partition coefficient (Wildman–Crippen LogP) is 1.85. The van der Waals surface area contributed by atoms with Gasteiger partial charge in [-0.1, -0.05) is 19.9 Å². The fourth-order valence-electron chi connectivity index (χ4n) is 1.76. The van der Waals surface area contributed by atoms with E-state index in [4.69, 9.17) is 15.1 Å². The Balaban J connectivity index is 2.53. The Hall–Kier alpha value is -2.06. The number of ether oxygens (including phenoxy) is 1. The van der Waals surface area contributed by atoms with Crippen LogP contribution in [-0.4, -0.2) is 30.3 Å². The molecule has 0 bridgehead atoms. The van der Waals surface area contributed by atoms with Crippen molar-refractivity contribution >= 4 is 5.91 Å². The molecule has 1 aromatic rings. The SMILES string of the molecule is CC(Oc1cccc(C#N)c1)C(=O)NCC(C)(C)CCO. The first-order valence-corrected chi connectivity index (χ1v) is 6.93. The summed E-state index contributed by atoms with van der Waals surface area (Å²) in [7, 11) is 0. The summed E-state index contributed by atoms with van der Waals surface area (Å²) in [4.78, 5) is 12.0. The zero-order valence-corrected chi connectivity index (χ0v) is 12.7. The number of nitrogens with zero attached hydrogens (tertiary/aromatic N) is 1. The van der Waals surface area contributed by atoms with Gasteiger partial charge in [-0.25, -0.2) is 0 Å². The maximum atomic E-state index is 12.0. The Morgan fingerprint density at radius 2 is 2.24 bits per heavy atom. The minimum absolute atomic E-state index is 0.0931. The van der Waals surface area contributed by atoms with Crippen LogP contribution in [0.1, 0.15) is 32.8 Å². The highest BCUT2D eigenvalue weighted by molar-refractivity contribution is 5.80. The molecular weight excluding hydrogens is 268 g/mol. The molecule has 1 amide bonds. The number of nitriles is 1. The van der Waals surface area contributed by atoms with E-state index in [1.807, 2.05) is 19.9 Å². The Morgan fingerprint density at radius 1 is 1.52 bits per heavy atom. The average molecular weight is 290 g/mol. The minimum Gasteiger partial charge on any atom is -0.481 e. The second-order valence-corrected chi connectivity index (χ2v) is 5.76. The first-order chi connectivity index (χ1) is 9.88. The molecule has 0 aromatic heterocycles. The largest absolute Gasteiger partial charge is 0.481 e. The number of nitrogens with one attached hydrogen (secondary N) is 1. The molecule has 1 atom stereocenters. The maximum Gasteiger partial charge on any atom is 0.260 e. The molecule has 0 fully saturated rings. The minimum atomic E-state index is -0.649. The molecule has 0 aliphatic heterocycles. The average Bonchev–Trinajstić information content (AvgIpc) is 2.45. The lowest BCUT2D eigenvalue weighted by Gasteiger charge is -2.25. The lowest BCUT2D eigenvalue weighted by Crippen LogP contribution is -2.41. The fourth-order valence-corrected chi connectivity index (χ4v) is 1.76. The molecule has 1 aromatic carbocycles. The Bertz CT molecular complexity index is 520. The maximum absolute atomic E-state index is 12.0. The number of amides is 1. The first kappa shape index (κ1) is 17.0. The zero-order valence-electron chi connectivity index (χ0n) is 12.7. The van der Waals surface area contributed by atoms with Gasteiger partial charge in [0.25, 0.3) is 5.91 Å². The Kier molecular flexibility index (Phi) is 6.19. The van der Waals surface area contributed by atoms with Crippen molar-refractivity contribution in [3.63, 3.8) is 0 Å². The van der Waals surface area contributed by atoms with Crippen LogP contribution in [0.2, 0.25) is 0 Å². The summed E-state index contributed by atoms with van der Waals surface area (Å²) in [5.74, 6) is 0.273. The number of rotatable bonds is 7. The molecule has 0 radical (unpaired) electrons. The third kappa shape index (κ3) is 5.84. The molecule has 0 saturated carbocycles. The molecule has 5 heteroatoms. The molecule has 0 aliphatic rings. The van der Waals surface area contributed by atoms with Crippen molar-refractivity contribution < 1.29 is 14.6 Å². The summed E-state index contributed by atoms with van der Waals surface area (Å²) in [5.41, 5.74) is 0.328. The first-order valence-electron chi connectivity index (χ1n) is 6.93. The van der Waals surface area contributed by atoms with Gasteiger partial charge in [0.05, 0.1) is 11.6 Å². The van der Waals surface area contributed by atoms with E-state index < -0.39 is 6.10 Å². The topological polar surface area (TPSA) is 82.3 Å². The number of carbonyl (C=O) groups is 1. The summed E-state index contributed by atoms with van der Waals surface area (Å²) in [6.07, 6.45) is -0.0314. The molecule has 1 unspecified atom stereocenters. The van der Waals surface area contributed by atoms with Crippen LogP contribution in [0.4, 0.5) is 0 Å². The fraction of sp³-hybridized carbons (Fsp3) is 0.500. The van der Waals surface area contributed by atoms with Crippen molar-refractivity contribution in [2.45, 2.75) is 33.3 Å². The predicted molar refractivity (Wildman–Crippen MR) is 79.7 cm³/mol. The zero-order chi connectivity index (χ0) is 15.9. The van der Waals surface area contributed by atoms with E-state index >= 15 is 0 Å². The van der Waals surface area contributed by atoms with E-state index in [0.29, 0.717) is 24.3 Å². The van der Waals surface area contributed by atoms with E-state index in [0.717, 1.165) is 0 Å². The van der Waals surface area contributed by atoms with Gasteiger partial charge in [0.2, 0.25) is 0 Å². The van der Waals surface area contributed by atoms with Crippen LogP contribution >= 0.6 is 0 Å². The van der Waals surface area contributed by atoms with Gasteiger partial charge in [0, 0.05) is 13.2 Å². The van der Waals surface area contributed by atoms with Gasteiger partial charge < -0.3 is 15.2 Å². The summed E-state index contributed by atoms with van der Waals surface area (Å²) in [6, 6.07) is 8.72. The van der Waals surface area contributed by atoms with Gasteiger partial charge in [0.15, 0.2) is 6.10 Å². The van der Waals surface area contributed by atoms with Gasteiger partial charge >= 0.3 is 0 Å². The molecule has 21 heavy (non-hydrogen) atoms. The second-order valence-electron chi connectivity index (χ2n) is 5.76. The highest BCUT2D eigenvalue weighted by Crippen LogP contribution is 2.18. The van der Waals surface area contributed by atoms with Crippen molar-refractivity contribution in [1.29, 1.82) is 5.26 Å². The number of carbonyl (C=O) groups excluding carboxylic acids is 1. The van der Waals surface area contributed by atoms with Crippen LogP contribution < -0.4 is 10.1 Å². The molecule has 0 heterocycles. The number of benzene rings is 1. The highest BCUT2D eigenvalue weighted by Gasteiger charge is 2.21. The lowest BCUT2D eigenvalue weighted by molar-refractivity contribution is -0.127. The normalized spacial score (nSPS) is 12.3. The summed E-state index contributed by atoms with van der Waals surface area (Å²) >= 11 is 0. The van der Waals surface area contributed by atoms with Crippen molar-refractivity contribution in [3.05, 3.63) is 29.8 Å². The quantitative estimate of drug-likeness (QED) is 0.803. The van der Waals surface area contributed by atoms with Crippen molar-refractivity contribution in [2.75, 3.05) is 13.2 Å². The molecular formula is C16H22N2O3. The van der Waals surface area contributed by atoms with Crippen LogP contribution in [0.3, 0.4) is 0 Å². The van der Waals surface area contributed by atoms with Gasteiger partial charge in [0.1, 0.15) is 5.75 Å². The summed E-state index contributed by atoms with van der Waals surface area (Å²) in [5, 5.41) is 20.6. The number of aliphatic hydroxyl groups is 1. The van der Waals surface area contributed by atoms with E-state index in [1.165, 1.54) is 0 Å². The summed E-state index contributed by atoms with van der Waals surface area (Å²) < 4.78 is 5.53. The van der Waals surface area contributed by atoms with Crippen LogP contribution in [0.15, 0.2) is 24.3 Å². The van der Waals surface area contributed by atoms with Crippen molar-refractivity contribution in [1.82, 2.24) is 5.32 Å². The molecule has 114 valence electrons. The van der Waals surface area contributed by atoms with Crippen LogP contribution in [0.5, 0.6) is 5.75 Å². The second kappa shape index (κ2) is 7.65. The Labute approximate surface area is 125 Å². The van der Waals surface area contributed by atoms with Gasteiger partial charge in [-0.2, -0.15) is 5.26 Å². The monoisotopic (exact) mass is 290 g/mol. The third-order valence-corrected chi connectivity index (χ3v) is 3.17. The standard InChI is InChI=1S/C16H22N2O3/c1-12(15(20)18-11-16(2,3)7-8-19)21-14-6-4-5-13(9-14)10-17/h4-6,9,12,19H,7-8,11H2,1-3H3,(H,18,20). The highest BCUT2D eigenvalue weighted by atomic mass is 16.5. The van der Waals surface area contributed by atoms with E-state index in [2.05, 4.69) is 5.32 Å². The van der Waals surface area contributed by atoms with Crippen LogP contribution in [0, 0.1) is 16.7 Å².